The Hall–Kier alpha value is -2.40. The molecule has 5 rings (SSSR count). The number of likely N-dealkylation sites (tertiary alicyclic amines) is 2. The largest absolute Gasteiger partial charge is 0.481 e. The molecule has 1 aromatic carbocycles. The summed E-state index contributed by atoms with van der Waals surface area (Å²) in [7, 11) is 0. The predicted molar refractivity (Wildman–Crippen MR) is 141 cm³/mol. The number of piperidine rings is 2. The summed E-state index contributed by atoms with van der Waals surface area (Å²) in [4.78, 5) is 30.2. The van der Waals surface area contributed by atoms with Crippen molar-refractivity contribution < 1.29 is 37.4 Å². The van der Waals surface area contributed by atoms with Crippen molar-refractivity contribution in [3.8, 4) is 0 Å². The second-order valence-corrected chi connectivity index (χ2v) is 12.1. The van der Waals surface area contributed by atoms with Crippen LogP contribution >= 0.6 is 0 Å². The second-order valence-electron chi connectivity index (χ2n) is 12.1. The number of aliphatic hydroxyl groups excluding tert-OH is 1. The molecule has 11 heteroatoms. The maximum Gasteiger partial charge on any atom is 0.416 e. The SMILES string of the molecule is O=C(O)C1CCN(c2cc(C(F)(F)F)ccc2C2CCN(C(=O)[C@@]3(F)CCN([C@H]4CC[C@@H](O)CC4)C3)CC2)CC1. The lowest BCUT2D eigenvalue weighted by molar-refractivity contribution is -0.144. The lowest BCUT2D eigenvalue weighted by atomic mass is 9.86. The molecule has 0 spiro atoms. The lowest BCUT2D eigenvalue weighted by Gasteiger charge is -2.39. The molecule has 1 saturated carbocycles. The number of amides is 1. The highest BCUT2D eigenvalue weighted by Crippen LogP contribution is 2.41. The first-order valence-electron chi connectivity index (χ1n) is 14.5. The van der Waals surface area contributed by atoms with Gasteiger partial charge >= 0.3 is 12.1 Å². The van der Waals surface area contributed by atoms with Crippen molar-refractivity contribution in [3.05, 3.63) is 29.3 Å². The predicted octanol–water partition coefficient (Wildman–Crippen LogP) is 4.43. The monoisotopic (exact) mass is 569 g/mol. The molecule has 222 valence electrons. The molecule has 0 aromatic heterocycles. The third-order valence-corrected chi connectivity index (χ3v) is 9.58. The Morgan fingerprint density at radius 2 is 1.55 bits per heavy atom. The lowest BCUT2D eigenvalue weighted by Crippen LogP contribution is -2.51. The van der Waals surface area contributed by atoms with Crippen molar-refractivity contribution in [1.82, 2.24) is 9.80 Å². The topological polar surface area (TPSA) is 84.3 Å². The Labute approximate surface area is 232 Å². The van der Waals surface area contributed by atoms with E-state index in [4.69, 9.17) is 0 Å². The molecule has 1 aliphatic carbocycles. The normalized spacial score (nSPS) is 29.6. The van der Waals surface area contributed by atoms with Crippen LogP contribution in [0.15, 0.2) is 18.2 Å². The number of aliphatic hydroxyl groups is 1. The fourth-order valence-electron chi connectivity index (χ4n) is 7.09. The zero-order chi connectivity index (χ0) is 28.7. The molecule has 1 aromatic rings. The van der Waals surface area contributed by atoms with Gasteiger partial charge in [-0.2, -0.15) is 13.2 Å². The minimum atomic E-state index is -4.50. The van der Waals surface area contributed by atoms with Crippen LogP contribution < -0.4 is 4.90 Å². The number of carboxylic acids is 1. The number of carbonyl (C=O) groups is 2. The third kappa shape index (κ3) is 6.10. The van der Waals surface area contributed by atoms with Gasteiger partial charge in [0, 0.05) is 57.4 Å². The van der Waals surface area contributed by atoms with E-state index in [2.05, 4.69) is 4.90 Å². The van der Waals surface area contributed by atoms with Crippen molar-refractivity contribution >= 4 is 17.6 Å². The van der Waals surface area contributed by atoms with E-state index >= 15 is 4.39 Å². The summed E-state index contributed by atoms with van der Waals surface area (Å²) in [6, 6.07) is 3.98. The minimum Gasteiger partial charge on any atom is -0.481 e. The van der Waals surface area contributed by atoms with E-state index in [1.54, 1.807) is 4.90 Å². The molecule has 2 N–H and O–H groups in total. The van der Waals surface area contributed by atoms with Gasteiger partial charge in [0.2, 0.25) is 5.67 Å². The zero-order valence-electron chi connectivity index (χ0n) is 22.7. The number of nitrogens with zero attached hydrogens (tertiary/aromatic N) is 3. The van der Waals surface area contributed by atoms with E-state index in [0.717, 1.165) is 24.5 Å². The van der Waals surface area contributed by atoms with Crippen LogP contribution in [0, 0.1) is 5.92 Å². The molecular weight excluding hydrogens is 530 g/mol. The first-order chi connectivity index (χ1) is 18.9. The van der Waals surface area contributed by atoms with E-state index < -0.39 is 35.2 Å². The summed E-state index contributed by atoms with van der Waals surface area (Å²) in [6.07, 6.45) is 0.164. The van der Waals surface area contributed by atoms with Crippen LogP contribution in [0.5, 0.6) is 0 Å². The van der Waals surface area contributed by atoms with Gasteiger partial charge in [-0.15, -0.1) is 0 Å². The van der Waals surface area contributed by atoms with E-state index in [0.29, 0.717) is 76.9 Å². The maximum atomic E-state index is 15.9. The van der Waals surface area contributed by atoms with Gasteiger partial charge in [-0.1, -0.05) is 6.07 Å². The Kier molecular flexibility index (Phi) is 8.34. The van der Waals surface area contributed by atoms with Crippen molar-refractivity contribution in [2.24, 2.45) is 5.92 Å². The Morgan fingerprint density at radius 1 is 0.900 bits per heavy atom. The van der Waals surface area contributed by atoms with Gasteiger partial charge in [0.05, 0.1) is 17.6 Å². The smallest absolute Gasteiger partial charge is 0.416 e. The number of carboxylic acid groups (broad SMARTS) is 1. The molecule has 40 heavy (non-hydrogen) atoms. The quantitative estimate of drug-likeness (QED) is 0.511. The van der Waals surface area contributed by atoms with Crippen LogP contribution in [0.2, 0.25) is 0 Å². The number of halogens is 4. The summed E-state index contributed by atoms with van der Waals surface area (Å²) < 4.78 is 56.6. The van der Waals surface area contributed by atoms with Gasteiger partial charge in [0.1, 0.15) is 0 Å². The standard InChI is InChI=1S/C29H39F4N3O4/c30-28(11-16-36(18-28)22-2-4-23(37)5-3-22)27(40)35-14-7-19(8-15-35)24-6-1-21(29(31,32)33)17-25(24)34-12-9-20(10-13-34)26(38)39/h1,6,17,19-20,22-23,37H,2-5,7-16,18H2,(H,38,39)/t22-,23+,28-/m1/s1. The van der Waals surface area contributed by atoms with Crippen molar-refractivity contribution in [1.29, 1.82) is 0 Å². The second kappa shape index (κ2) is 11.5. The first kappa shape index (κ1) is 29.1. The molecule has 3 heterocycles. The summed E-state index contributed by atoms with van der Waals surface area (Å²) in [6.45, 7) is 2.00. The molecular formula is C29H39F4N3O4. The minimum absolute atomic E-state index is 0.0713. The number of hydrogen-bond donors (Lipinski definition) is 2. The highest BCUT2D eigenvalue weighted by atomic mass is 19.4. The van der Waals surface area contributed by atoms with E-state index in [1.807, 2.05) is 4.90 Å². The fourth-order valence-corrected chi connectivity index (χ4v) is 7.09. The summed E-state index contributed by atoms with van der Waals surface area (Å²) >= 11 is 0. The summed E-state index contributed by atoms with van der Waals surface area (Å²) in [5.41, 5.74) is -1.42. The van der Waals surface area contributed by atoms with E-state index in [-0.39, 0.29) is 31.0 Å². The molecule has 0 bridgehead atoms. The van der Waals surface area contributed by atoms with Crippen LogP contribution in [-0.2, 0) is 15.8 Å². The molecule has 4 fully saturated rings. The number of hydrogen-bond acceptors (Lipinski definition) is 5. The number of anilines is 1. The molecule has 0 radical (unpaired) electrons. The molecule has 1 atom stereocenters. The summed E-state index contributed by atoms with van der Waals surface area (Å²) in [5.74, 6) is -1.95. The van der Waals surface area contributed by atoms with Gasteiger partial charge in [-0.05, 0) is 75.0 Å². The first-order valence-corrected chi connectivity index (χ1v) is 14.5. The highest BCUT2D eigenvalue weighted by Gasteiger charge is 2.49. The van der Waals surface area contributed by atoms with Gasteiger partial charge in [-0.3, -0.25) is 14.5 Å². The van der Waals surface area contributed by atoms with Crippen molar-refractivity contribution in [2.45, 2.75) is 87.7 Å². The Morgan fingerprint density at radius 3 is 2.15 bits per heavy atom. The average Bonchev–Trinajstić information content (AvgIpc) is 3.35. The number of rotatable bonds is 5. The number of carbonyl (C=O) groups excluding carboxylic acids is 1. The number of benzene rings is 1. The van der Waals surface area contributed by atoms with Crippen LogP contribution in [0.1, 0.15) is 74.8 Å². The number of alkyl halides is 4. The summed E-state index contributed by atoms with van der Waals surface area (Å²) in [5, 5.41) is 19.1. The Bertz CT molecular complexity index is 1080. The molecule has 7 nitrogen and oxygen atoms in total. The highest BCUT2D eigenvalue weighted by molar-refractivity contribution is 5.86. The van der Waals surface area contributed by atoms with Gasteiger partial charge < -0.3 is 20.0 Å². The fraction of sp³-hybridized carbons (Fsp3) is 0.724. The molecule has 4 aliphatic rings. The molecule has 3 aliphatic heterocycles. The van der Waals surface area contributed by atoms with Crippen LogP contribution in [0.3, 0.4) is 0 Å². The zero-order valence-corrected chi connectivity index (χ0v) is 22.7. The average molecular weight is 570 g/mol. The number of aliphatic carboxylic acids is 1. The van der Waals surface area contributed by atoms with Gasteiger partial charge in [-0.25, -0.2) is 4.39 Å². The van der Waals surface area contributed by atoms with Crippen LogP contribution in [0.4, 0.5) is 23.2 Å². The van der Waals surface area contributed by atoms with Gasteiger partial charge in [0.15, 0.2) is 0 Å². The molecule has 3 saturated heterocycles. The Balaban J connectivity index is 1.24. The van der Waals surface area contributed by atoms with Crippen molar-refractivity contribution in [2.75, 3.05) is 44.2 Å². The van der Waals surface area contributed by atoms with Gasteiger partial charge in [0.25, 0.3) is 5.91 Å². The maximum absolute atomic E-state index is 15.9. The van der Waals surface area contributed by atoms with Crippen molar-refractivity contribution in [3.63, 3.8) is 0 Å². The van der Waals surface area contributed by atoms with Crippen LogP contribution in [0.25, 0.3) is 0 Å². The molecule has 0 unspecified atom stereocenters. The third-order valence-electron chi connectivity index (χ3n) is 9.58. The van der Waals surface area contributed by atoms with E-state index in [1.165, 1.54) is 12.1 Å². The molecule has 1 amide bonds. The van der Waals surface area contributed by atoms with Crippen LogP contribution in [-0.4, -0.2) is 89.0 Å². The van der Waals surface area contributed by atoms with E-state index in [9.17, 15) is 33.0 Å².